The SMILES string of the molecule is Cc1c(C2c3ccccc3C(=O)N2CC(=O)NCCCN2CCOCC2)c2ccccc2n1C. The molecule has 0 aliphatic carbocycles. The van der Waals surface area contributed by atoms with Gasteiger partial charge in [0, 0.05) is 54.4 Å². The summed E-state index contributed by atoms with van der Waals surface area (Å²) >= 11 is 0. The van der Waals surface area contributed by atoms with E-state index in [4.69, 9.17) is 4.74 Å². The number of carbonyl (C=O) groups is 2. The van der Waals surface area contributed by atoms with Gasteiger partial charge in [-0.05, 0) is 37.6 Å². The predicted molar refractivity (Wildman–Crippen MR) is 132 cm³/mol. The summed E-state index contributed by atoms with van der Waals surface area (Å²) in [5, 5.41) is 4.15. The van der Waals surface area contributed by atoms with Gasteiger partial charge in [-0.15, -0.1) is 0 Å². The second kappa shape index (κ2) is 9.60. The van der Waals surface area contributed by atoms with Crippen LogP contribution >= 0.6 is 0 Å². The Hall–Kier alpha value is -3.16. The first-order valence-corrected chi connectivity index (χ1v) is 12.1. The van der Waals surface area contributed by atoms with Crippen molar-refractivity contribution in [1.82, 2.24) is 19.7 Å². The molecule has 178 valence electrons. The molecule has 2 aliphatic rings. The molecule has 3 aromatic rings. The van der Waals surface area contributed by atoms with Crippen molar-refractivity contribution in [2.24, 2.45) is 7.05 Å². The Morgan fingerprint density at radius 3 is 2.65 bits per heavy atom. The second-order valence-electron chi connectivity index (χ2n) is 9.16. The van der Waals surface area contributed by atoms with E-state index in [0.717, 1.165) is 67.0 Å². The number of nitrogens with one attached hydrogen (secondary N) is 1. The number of benzene rings is 2. The predicted octanol–water partition coefficient (Wildman–Crippen LogP) is 2.87. The lowest BCUT2D eigenvalue weighted by atomic mass is 9.95. The lowest BCUT2D eigenvalue weighted by Gasteiger charge is -2.27. The van der Waals surface area contributed by atoms with Crippen LogP contribution in [0.2, 0.25) is 0 Å². The van der Waals surface area contributed by atoms with Gasteiger partial charge in [0.05, 0.1) is 19.3 Å². The van der Waals surface area contributed by atoms with Gasteiger partial charge in [0.15, 0.2) is 0 Å². The Kier molecular flexibility index (Phi) is 6.39. The number of para-hydroxylation sites is 1. The van der Waals surface area contributed by atoms with Crippen molar-refractivity contribution in [3.05, 3.63) is 70.9 Å². The van der Waals surface area contributed by atoms with E-state index in [1.54, 1.807) is 4.90 Å². The molecule has 0 bridgehead atoms. The van der Waals surface area contributed by atoms with Crippen LogP contribution in [-0.2, 0) is 16.6 Å². The van der Waals surface area contributed by atoms with Crippen LogP contribution in [0.3, 0.4) is 0 Å². The molecule has 3 heterocycles. The summed E-state index contributed by atoms with van der Waals surface area (Å²) in [7, 11) is 2.05. The van der Waals surface area contributed by atoms with Crippen LogP contribution in [-0.4, -0.2) is 72.1 Å². The zero-order valence-electron chi connectivity index (χ0n) is 19.9. The Balaban J connectivity index is 1.36. The Bertz CT molecular complexity index is 1210. The summed E-state index contributed by atoms with van der Waals surface area (Å²) in [5.41, 5.74) is 4.97. The highest BCUT2D eigenvalue weighted by Gasteiger charge is 2.40. The van der Waals surface area contributed by atoms with E-state index in [1.807, 2.05) is 36.4 Å². The Morgan fingerprint density at radius 1 is 1.09 bits per heavy atom. The van der Waals surface area contributed by atoms with Gasteiger partial charge in [0.1, 0.15) is 6.54 Å². The molecule has 0 saturated carbocycles. The maximum Gasteiger partial charge on any atom is 0.255 e. The van der Waals surface area contributed by atoms with Crippen molar-refractivity contribution in [1.29, 1.82) is 0 Å². The molecule has 7 nitrogen and oxygen atoms in total. The van der Waals surface area contributed by atoms with E-state index < -0.39 is 0 Å². The standard InChI is InChI=1S/C27H32N4O3/c1-19-25(22-10-5-6-11-23(22)29(19)2)26-20-8-3-4-9-21(20)27(33)31(26)18-24(32)28-12-7-13-30-14-16-34-17-15-30/h3-6,8-11,26H,7,12-18H2,1-2H3,(H,28,32). The highest BCUT2D eigenvalue weighted by molar-refractivity contribution is 6.02. The van der Waals surface area contributed by atoms with E-state index in [-0.39, 0.29) is 24.4 Å². The van der Waals surface area contributed by atoms with E-state index in [0.29, 0.717) is 12.1 Å². The lowest BCUT2D eigenvalue weighted by molar-refractivity contribution is -0.122. The molecule has 1 aromatic heterocycles. The minimum atomic E-state index is -0.283. The van der Waals surface area contributed by atoms with E-state index in [1.165, 1.54) is 0 Å². The van der Waals surface area contributed by atoms with Crippen molar-refractivity contribution in [3.8, 4) is 0 Å². The summed E-state index contributed by atoms with van der Waals surface area (Å²) < 4.78 is 7.55. The molecule has 5 rings (SSSR count). The van der Waals surface area contributed by atoms with Crippen molar-refractivity contribution in [3.63, 3.8) is 0 Å². The summed E-state index contributed by atoms with van der Waals surface area (Å²) in [6.45, 7) is 7.11. The number of ether oxygens (including phenoxy) is 1. The van der Waals surface area contributed by atoms with Gasteiger partial charge in [-0.3, -0.25) is 14.5 Å². The topological polar surface area (TPSA) is 66.8 Å². The quantitative estimate of drug-likeness (QED) is 0.551. The zero-order valence-corrected chi connectivity index (χ0v) is 19.9. The number of hydrogen-bond acceptors (Lipinski definition) is 4. The molecule has 34 heavy (non-hydrogen) atoms. The number of nitrogens with zero attached hydrogens (tertiary/aromatic N) is 3. The fourth-order valence-electron chi connectivity index (χ4n) is 5.31. The summed E-state index contributed by atoms with van der Waals surface area (Å²) in [4.78, 5) is 30.5. The van der Waals surface area contributed by atoms with Gasteiger partial charge >= 0.3 is 0 Å². The van der Waals surface area contributed by atoms with Gasteiger partial charge in [-0.2, -0.15) is 0 Å². The van der Waals surface area contributed by atoms with Crippen molar-refractivity contribution in [2.45, 2.75) is 19.4 Å². The van der Waals surface area contributed by atoms with Crippen LogP contribution < -0.4 is 5.32 Å². The number of carbonyl (C=O) groups excluding carboxylic acids is 2. The molecule has 1 unspecified atom stereocenters. The van der Waals surface area contributed by atoms with Crippen LogP contribution in [0.1, 0.15) is 39.6 Å². The molecule has 2 aliphatic heterocycles. The molecular weight excluding hydrogens is 428 g/mol. The fourth-order valence-corrected chi connectivity index (χ4v) is 5.31. The zero-order chi connectivity index (χ0) is 23.7. The first kappa shape index (κ1) is 22.6. The molecule has 1 atom stereocenters. The van der Waals surface area contributed by atoms with Crippen molar-refractivity contribution in [2.75, 3.05) is 45.9 Å². The van der Waals surface area contributed by atoms with Crippen molar-refractivity contribution < 1.29 is 14.3 Å². The number of fused-ring (bicyclic) bond motifs is 2. The monoisotopic (exact) mass is 460 g/mol. The smallest absolute Gasteiger partial charge is 0.255 e. The third kappa shape index (κ3) is 4.10. The highest BCUT2D eigenvalue weighted by atomic mass is 16.5. The van der Waals surface area contributed by atoms with E-state index >= 15 is 0 Å². The number of hydrogen-bond donors (Lipinski definition) is 1. The molecule has 7 heteroatoms. The van der Waals surface area contributed by atoms with Gasteiger partial charge in [0.2, 0.25) is 5.91 Å². The average molecular weight is 461 g/mol. The van der Waals surface area contributed by atoms with Gasteiger partial charge < -0.3 is 19.5 Å². The molecule has 1 N–H and O–H groups in total. The first-order chi connectivity index (χ1) is 16.6. The minimum Gasteiger partial charge on any atom is -0.379 e. The molecular formula is C27H32N4O3. The lowest BCUT2D eigenvalue weighted by Crippen LogP contribution is -2.41. The number of amides is 2. The largest absolute Gasteiger partial charge is 0.379 e. The number of morpholine rings is 1. The van der Waals surface area contributed by atoms with Gasteiger partial charge in [-0.1, -0.05) is 36.4 Å². The summed E-state index contributed by atoms with van der Waals surface area (Å²) in [6, 6.07) is 15.7. The van der Waals surface area contributed by atoms with Crippen molar-refractivity contribution >= 4 is 22.7 Å². The molecule has 2 amide bonds. The minimum absolute atomic E-state index is 0.0401. The van der Waals surface area contributed by atoms with Crippen LogP contribution in [0, 0.1) is 6.92 Å². The fraction of sp³-hybridized carbons (Fsp3) is 0.407. The molecule has 1 fully saturated rings. The maximum absolute atomic E-state index is 13.4. The number of aryl methyl sites for hydroxylation is 1. The normalized spacial score (nSPS) is 18.5. The summed E-state index contributed by atoms with van der Waals surface area (Å²) in [6.07, 6.45) is 0.881. The Morgan fingerprint density at radius 2 is 1.82 bits per heavy atom. The van der Waals surface area contributed by atoms with Gasteiger partial charge in [-0.25, -0.2) is 0 Å². The average Bonchev–Trinajstić information content (AvgIpc) is 3.28. The van der Waals surface area contributed by atoms with Crippen LogP contribution in [0.15, 0.2) is 48.5 Å². The van der Waals surface area contributed by atoms with E-state index in [9.17, 15) is 9.59 Å². The second-order valence-corrected chi connectivity index (χ2v) is 9.16. The number of aromatic nitrogens is 1. The molecule has 0 spiro atoms. The number of rotatable bonds is 7. The third-order valence-corrected chi connectivity index (χ3v) is 7.17. The summed E-state index contributed by atoms with van der Waals surface area (Å²) in [5.74, 6) is -0.206. The van der Waals surface area contributed by atoms with Crippen LogP contribution in [0.25, 0.3) is 10.9 Å². The van der Waals surface area contributed by atoms with Gasteiger partial charge in [0.25, 0.3) is 5.91 Å². The molecule has 1 saturated heterocycles. The first-order valence-electron chi connectivity index (χ1n) is 12.1. The Labute approximate surface area is 200 Å². The molecule has 0 radical (unpaired) electrons. The maximum atomic E-state index is 13.4. The molecule has 2 aromatic carbocycles. The van der Waals surface area contributed by atoms with Crippen LogP contribution in [0.4, 0.5) is 0 Å². The third-order valence-electron chi connectivity index (χ3n) is 7.17. The van der Waals surface area contributed by atoms with Crippen LogP contribution in [0.5, 0.6) is 0 Å². The highest BCUT2D eigenvalue weighted by Crippen LogP contribution is 2.43. The van der Waals surface area contributed by atoms with E-state index in [2.05, 4.69) is 40.9 Å².